The Balaban J connectivity index is 1.72. The average molecular weight is 359 g/mol. The molecular formula is C24H25NO2. The first-order valence-electron chi connectivity index (χ1n) is 9.29. The molecule has 1 atom stereocenters. The van der Waals surface area contributed by atoms with E-state index >= 15 is 0 Å². The van der Waals surface area contributed by atoms with Crippen molar-refractivity contribution in [3.05, 3.63) is 101 Å². The molecule has 3 rings (SSSR count). The summed E-state index contributed by atoms with van der Waals surface area (Å²) in [7, 11) is 0. The molecule has 3 aromatic rings. The minimum absolute atomic E-state index is 0.0132. The Kier molecular flexibility index (Phi) is 6.26. The fraction of sp³-hybridized carbons (Fsp3) is 0.208. The Hall–Kier alpha value is -3.07. The highest BCUT2D eigenvalue weighted by Gasteiger charge is 2.21. The van der Waals surface area contributed by atoms with Crippen LogP contribution in [0.1, 0.15) is 34.6 Å². The van der Waals surface area contributed by atoms with Crippen LogP contribution in [0, 0.1) is 6.92 Å². The van der Waals surface area contributed by atoms with E-state index in [1.807, 2.05) is 73.7 Å². The molecule has 0 fully saturated rings. The van der Waals surface area contributed by atoms with Crippen LogP contribution in [-0.2, 0) is 11.2 Å². The van der Waals surface area contributed by atoms with E-state index in [1.54, 1.807) is 0 Å². The van der Waals surface area contributed by atoms with Gasteiger partial charge in [-0.2, -0.15) is 0 Å². The van der Waals surface area contributed by atoms with Gasteiger partial charge < -0.3 is 10.4 Å². The van der Waals surface area contributed by atoms with Crippen LogP contribution in [0.3, 0.4) is 0 Å². The number of para-hydroxylation sites is 1. The van der Waals surface area contributed by atoms with Crippen molar-refractivity contribution in [3.8, 4) is 5.75 Å². The van der Waals surface area contributed by atoms with Gasteiger partial charge in [0.05, 0.1) is 0 Å². The predicted octanol–water partition coefficient (Wildman–Crippen LogP) is 4.58. The molecule has 3 heteroatoms. The second-order valence-electron chi connectivity index (χ2n) is 6.77. The summed E-state index contributed by atoms with van der Waals surface area (Å²) in [5.74, 6) is 0.0759. The molecule has 1 amide bonds. The zero-order chi connectivity index (χ0) is 19.1. The van der Waals surface area contributed by atoms with Crippen LogP contribution in [0.2, 0.25) is 0 Å². The highest BCUT2D eigenvalue weighted by atomic mass is 16.3. The summed E-state index contributed by atoms with van der Waals surface area (Å²) in [6.45, 7) is 2.48. The smallest absolute Gasteiger partial charge is 0.220 e. The number of aromatic hydroxyl groups is 1. The molecule has 0 aromatic heterocycles. The second-order valence-corrected chi connectivity index (χ2v) is 6.77. The third-order valence-corrected chi connectivity index (χ3v) is 4.81. The van der Waals surface area contributed by atoms with Gasteiger partial charge in [-0.3, -0.25) is 4.79 Å². The number of phenolic OH excluding ortho intramolecular Hbond substituents is 1. The zero-order valence-corrected chi connectivity index (χ0v) is 15.6. The van der Waals surface area contributed by atoms with Crippen molar-refractivity contribution in [2.75, 3.05) is 6.54 Å². The molecule has 1 unspecified atom stereocenters. The van der Waals surface area contributed by atoms with Gasteiger partial charge in [0.1, 0.15) is 5.75 Å². The van der Waals surface area contributed by atoms with E-state index in [-0.39, 0.29) is 17.6 Å². The molecule has 0 aliphatic rings. The summed E-state index contributed by atoms with van der Waals surface area (Å²) in [5.41, 5.74) is 3.84. The molecule has 0 aliphatic heterocycles. The van der Waals surface area contributed by atoms with Crippen molar-refractivity contribution in [3.63, 3.8) is 0 Å². The van der Waals surface area contributed by atoms with Crippen molar-refractivity contribution < 1.29 is 9.90 Å². The first kappa shape index (κ1) is 18.7. The van der Waals surface area contributed by atoms with E-state index in [4.69, 9.17) is 0 Å². The van der Waals surface area contributed by atoms with Crippen LogP contribution < -0.4 is 5.32 Å². The number of benzene rings is 3. The topological polar surface area (TPSA) is 49.3 Å². The number of nitrogens with one attached hydrogen (secondary N) is 1. The minimum Gasteiger partial charge on any atom is -0.507 e. The predicted molar refractivity (Wildman–Crippen MR) is 109 cm³/mol. The van der Waals surface area contributed by atoms with Crippen LogP contribution in [0.15, 0.2) is 78.9 Å². The van der Waals surface area contributed by atoms with E-state index in [0.29, 0.717) is 13.0 Å². The number of phenols is 1. The van der Waals surface area contributed by atoms with Gasteiger partial charge in [-0.25, -0.2) is 0 Å². The van der Waals surface area contributed by atoms with Gasteiger partial charge in [-0.15, -0.1) is 0 Å². The molecule has 27 heavy (non-hydrogen) atoms. The number of carbonyl (C=O) groups excluding carboxylic acids is 1. The lowest BCUT2D eigenvalue weighted by Gasteiger charge is -2.20. The molecule has 0 aliphatic carbocycles. The maximum Gasteiger partial charge on any atom is 0.220 e. The Bertz CT molecular complexity index is 875. The van der Waals surface area contributed by atoms with Crippen LogP contribution in [0.4, 0.5) is 0 Å². The monoisotopic (exact) mass is 359 g/mol. The fourth-order valence-electron chi connectivity index (χ4n) is 3.30. The number of hydrogen-bond acceptors (Lipinski definition) is 2. The van der Waals surface area contributed by atoms with Crippen LogP contribution in [0.25, 0.3) is 0 Å². The second kappa shape index (κ2) is 9.04. The SMILES string of the molecule is Cc1cccc(C(CC(=O)NCCc2ccccc2)c2ccccc2)c1O. The van der Waals surface area contributed by atoms with Gasteiger partial charge in [0.15, 0.2) is 0 Å². The van der Waals surface area contributed by atoms with Gasteiger partial charge in [0, 0.05) is 24.4 Å². The third kappa shape index (κ3) is 4.98. The Morgan fingerprint density at radius 2 is 1.59 bits per heavy atom. The molecule has 2 N–H and O–H groups in total. The van der Waals surface area contributed by atoms with Crippen molar-refractivity contribution in [1.29, 1.82) is 0 Å². The van der Waals surface area contributed by atoms with Gasteiger partial charge in [-0.05, 0) is 30.0 Å². The first-order chi connectivity index (χ1) is 13.1. The van der Waals surface area contributed by atoms with E-state index < -0.39 is 0 Å². The van der Waals surface area contributed by atoms with E-state index in [1.165, 1.54) is 5.56 Å². The number of hydrogen-bond donors (Lipinski definition) is 2. The van der Waals surface area contributed by atoms with Gasteiger partial charge >= 0.3 is 0 Å². The van der Waals surface area contributed by atoms with E-state index in [0.717, 1.165) is 23.1 Å². The lowest BCUT2D eigenvalue weighted by molar-refractivity contribution is -0.121. The highest BCUT2D eigenvalue weighted by molar-refractivity contribution is 5.77. The maximum absolute atomic E-state index is 12.6. The van der Waals surface area contributed by atoms with Crippen LogP contribution in [0.5, 0.6) is 5.75 Å². The number of aryl methyl sites for hydroxylation is 1. The molecule has 0 saturated heterocycles. The minimum atomic E-state index is -0.178. The fourth-order valence-corrected chi connectivity index (χ4v) is 3.30. The standard InChI is InChI=1S/C24H25NO2/c1-18-9-8-14-21(24(18)27)22(20-12-6-3-7-13-20)17-23(26)25-16-15-19-10-4-2-5-11-19/h2-14,22,27H,15-17H2,1H3,(H,25,26). The molecule has 0 bridgehead atoms. The Morgan fingerprint density at radius 1 is 0.926 bits per heavy atom. The highest BCUT2D eigenvalue weighted by Crippen LogP contribution is 2.35. The molecule has 0 saturated carbocycles. The summed E-state index contributed by atoms with van der Waals surface area (Å²) >= 11 is 0. The molecule has 0 heterocycles. The number of rotatable bonds is 7. The number of carbonyl (C=O) groups is 1. The summed E-state index contributed by atoms with van der Waals surface area (Å²) in [5, 5.41) is 13.5. The Labute approximate surface area is 160 Å². The average Bonchev–Trinajstić information content (AvgIpc) is 2.70. The molecule has 3 aromatic carbocycles. The Morgan fingerprint density at radius 3 is 2.30 bits per heavy atom. The van der Waals surface area contributed by atoms with Gasteiger partial charge in [-0.1, -0.05) is 78.9 Å². The normalized spacial score (nSPS) is 11.7. The van der Waals surface area contributed by atoms with Crippen molar-refractivity contribution >= 4 is 5.91 Å². The quantitative estimate of drug-likeness (QED) is 0.649. The first-order valence-corrected chi connectivity index (χ1v) is 9.29. The van der Waals surface area contributed by atoms with Crippen molar-refractivity contribution in [2.24, 2.45) is 0 Å². The van der Waals surface area contributed by atoms with Crippen molar-refractivity contribution in [2.45, 2.75) is 25.7 Å². The lowest BCUT2D eigenvalue weighted by Crippen LogP contribution is -2.27. The largest absolute Gasteiger partial charge is 0.507 e. The van der Waals surface area contributed by atoms with Crippen LogP contribution in [-0.4, -0.2) is 17.6 Å². The summed E-state index contributed by atoms with van der Waals surface area (Å²) in [4.78, 5) is 12.6. The number of amides is 1. The van der Waals surface area contributed by atoms with Gasteiger partial charge in [0.2, 0.25) is 5.91 Å². The van der Waals surface area contributed by atoms with Crippen molar-refractivity contribution in [1.82, 2.24) is 5.32 Å². The lowest BCUT2D eigenvalue weighted by atomic mass is 9.87. The molecule has 0 spiro atoms. The summed E-state index contributed by atoms with van der Waals surface area (Å²) < 4.78 is 0. The summed E-state index contributed by atoms with van der Waals surface area (Å²) in [6, 6.07) is 25.7. The van der Waals surface area contributed by atoms with E-state index in [9.17, 15) is 9.90 Å². The zero-order valence-electron chi connectivity index (χ0n) is 15.6. The molecule has 3 nitrogen and oxygen atoms in total. The molecule has 138 valence electrons. The van der Waals surface area contributed by atoms with Gasteiger partial charge in [0.25, 0.3) is 0 Å². The summed E-state index contributed by atoms with van der Waals surface area (Å²) in [6.07, 6.45) is 1.11. The van der Waals surface area contributed by atoms with E-state index in [2.05, 4.69) is 17.4 Å². The molecule has 0 radical (unpaired) electrons. The third-order valence-electron chi connectivity index (χ3n) is 4.81. The molecular weight excluding hydrogens is 334 g/mol. The van der Waals surface area contributed by atoms with Crippen LogP contribution >= 0.6 is 0 Å². The maximum atomic E-state index is 12.6.